The average molecular weight is 494 g/mol. The van der Waals surface area contributed by atoms with Crippen LogP contribution in [0, 0.1) is 0 Å². The van der Waals surface area contributed by atoms with E-state index in [0.717, 1.165) is 25.3 Å². The van der Waals surface area contributed by atoms with E-state index in [1.165, 1.54) is 23.5 Å². The number of piperidine rings is 1. The van der Waals surface area contributed by atoms with Crippen LogP contribution >= 0.6 is 11.6 Å². The van der Waals surface area contributed by atoms with Gasteiger partial charge in [0.05, 0.1) is 10.6 Å². The van der Waals surface area contributed by atoms with Gasteiger partial charge in [-0.15, -0.1) is 0 Å². The third kappa shape index (κ3) is 5.89. The van der Waals surface area contributed by atoms with Crippen molar-refractivity contribution >= 4 is 39.5 Å². The van der Waals surface area contributed by atoms with Crippen molar-refractivity contribution in [3.63, 3.8) is 0 Å². The Balaban J connectivity index is 1.89. The first-order chi connectivity index (χ1) is 15.7. The summed E-state index contributed by atoms with van der Waals surface area (Å²) in [7, 11) is -2.57. The minimum absolute atomic E-state index is 0.0194. The number of nitrogens with one attached hydrogen (secondary N) is 2. The Kier molecular flexibility index (Phi) is 8.06. The molecular weight excluding hydrogens is 470 g/mol. The van der Waals surface area contributed by atoms with Crippen LogP contribution in [0.1, 0.15) is 41.3 Å². The SMILES string of the molecule is CNC(=O)NC(=O)[C@H](OC(=O)c1ccc(Cl)c(S(=O)(=O)N2CCCCC2)c1)c1ccccc1. The number of halogens is 1. The summed E-state index contributed by atoms with van der Waals surface area (Å²) in [5.41, 5.74) is 0.242. The Hall–Kier alpha value is -2.95. The van der Waals surface area contributed by atoms with Crippen LogP contribution in [0.2, 0.25) is 5.02 Å². The first kappa shape index (κ1) is 24.7. The highest BCUT2D eigenvalue weighted by Gasteiger charge is 2.31. The summed E-state index contributed by atoms with van der Waals surface area (Å²) in [4.78, 5) is 36.9. The first-order valence-corrected chi connectivity index (χ1v) is 12.1. The van der Waals surface area contributed by atoms with E-state index in [-0.39, 0.29) is 15.5 Å². The number of hydrogen-bond donors (Lipinski definition) is 2. The predicted octanol–water partition coefficient (Wildman–Crippen LogP) is 2.87. The highest BCUT2D eigenvalue weighted by atomic mass is 35.5. The van der Waals surface area contributed by atoms with Crippen molar-refractivity contribution in [1.29, 1.82) is 0 Å². The number of nitrogens with zero attached hydrogens (tertiary/aromatic N) is 1. The van der Waals surface area contributed by atoms with Crippen LogP contribution in [0.4, 0.5) is 4.79 Å². The summed E-state index contributed by atoms with van der Waals surface area (Å²) < 4.78 is 32.9. The number of carbonyl (C=O) groups excluding carboxylic acids is 3. The van der Waals surface area contributed by atoms with Gasteiger partial charge >= 0.3 is 12.0 Å². The van der Waals surface area contributed by atoms with E-state index in [2.05, 4.69) is 10.6 Å². The molecular formula is C22H24ClN3O6S. The van der Waals surface area contributed by atoms with Gasteiger partial charge in [0.15, 0.2) is 0 Å². The zero-order valence-electron chi connectivity index (χ0n) is 17.9. The van der Waals surface area contributed by atoms with Gasteiger partial charge in [0, 0.05) is 25.7 Å². The molecule has 2 N–H and O–H groups in total. The number of benzene rings is 2. The Morgan fingerprint density at radius 1 is 1.03 bits per heavy atom. The number of sulfonamides is 1. The van der Waals surface area contributed by atoms with Crippen LogP contribution in [0.15, 0.2) is 53.4 Å². The molecule has 1 saturated heterocycles. The van der Waals surface area contributed by atoms with Gasteiger partial charge < -0.3 is 10.1 Å². The van der Waals surface area contributed by atoms with Gasteiger partial charge in [-0.3, -0.25) is 10.1 Å². The quantitative estimate of drug-likeness (QED) is 0.597. The maximum Gasteiger partial charge on any atom is 0.339 e. The smallest absolute Gasteiger partial charge is 0.339 e. The van der Waals surface area contributed by atoms with Crippen molar-refractivity contribution in [3.05, 3.63) is 64.7 Å². The normalized spacial score (nSPS) is 15.3. The fraction of sp³-hybridized carbons (Fsp3) is 0.318. The molecule has 0 spiro atoms. The molecule has 1 aliphatic heterocycles. The number of ether oxygens (including phenoxy) is 1. The second-order valence-corrected chi connectivity index (χ2v) is 9.69. The number of hydrogen-bond acceptors (Lipinski definition) is 6. The van der Waals surface area contributed by atoms with E-state index < -0.39 is 34.0 Å². The second-order valence-electron chi connectivity index (χ2n) is 7.37. The zero-order chi connectivity index (χ0) is 24.0. The molecule has 1 atom stereocenters. The molecule has 2 aromatic rings. The minimum atomic E-state index is -3.90. The molecule has 0 radical (unpaired) electrons. The summed E-state index contributed by atoms with van der Waals surface area (Å²) in [6.45, 7) is 0.756. The second kappa shape index (κ2) is 10.8. The Morgan fingerprint density at radius 2 is 1.70 bits per heavy atom. The molecule has 176 valence electrons. The summed E-state index contributed by atoms with van der Waals surface area (Å²) in [6.07, 6.45) is 1.01. The Morgan fingerprint density at radius 3 is 2.33 bits per heavy atom. The van der Waals surface area contributed by atoms with Gasteiger partial charge in [-0.2, -0.15) is 4.31 Å². The van der Waals surface area contributed by atoms with Gasteiger partial charge in [-0.05, 0) is 31.0 Å². The van der Waals surface area contributed by atoms with Crippen molar-refractivity contribution in [2.45, 2.75) is 30.3 Å². The van der Waals surface area contributed by atoms with Gasteiger partial charge in [-0.25, -0.2) is 18.0 Å². The van der Waals surface area contributed by atoms with Gasteiger partial charge in [-0.1, -0.05) is 48.4 Å². The average Bonchev–Trinajstić information content (AvgIpc) is 2.83. The lowest BCUT2D eigenvalue weighted by molar-refractivity contribution is -0.129. The highest BCUT2D eigenvalue weighted by Crippen LogP contribution is 2.29. The standard InChI is InChI=1S/C22H24ClN3O6S/c1-24-22(29)25-20(27)19(15-8-4-2-5-9-15)32-21(28)16-10-11-17(23)18(14-16)33(30,31)26-12-6-3-7-13-26/h2,4-5,8-11,14,19H,3,6-7,12-13H2,1H3,(H2,24,25,27,29)/t19-/m1/s1. The van der Waals surface area contributed by atoms with Crippen molar-refractivity contribution in [2.75, 3.05) is 20.1 Å². The Labute approximate surface area is 197 Å². The summed E-state index contributed by atoms with van der Waals surface area (Å²) in [5, 5.41) is 4.31. The van der Waals surface area contributed by atoms with Gasteiger partial charge in [0.25, 0.3) is 5.91 Å². The van der Waals surface area contributed by atoms with Crippen molar-refractivity contribution < 1.29 is 27.5 Å². The van der Waals surface area contributed by atoms with Crippen LogP contribution < -0.4 is 10.6 Å². The minimum Gasteiger partial charge on any atom is -0.444 e. The van der Waals surface area contributed by atoms with Gasteiger partial charge in [0.1, 0.15) is 4.90 Å². The molecule has 0 unspecified atom stereocenters. The van der Waals surface area contributed by atoms with Crippen LogP contribution in [0.3, 0.4) is 0 Å². The number of rotatable bonds is 6. The molecule has 11 heteroatoms. The lowest BCUT2D eigenvalue weighted by atomic mass is 10.1. The molecule has 1 aliphatic rings. The van der Waals surface area contributed by atoms with Crippen molar-refractivity contribution in [2.24, 2.45) is 0 Å². The number of esters is 1. The third-order valence-corrected chi connectivity index (χ3v) is 7.51. The van der Waals surface area contributed by atoms with Crippen molar-refractivity contribution in [3.8, 4) is 0 Å². The molecule has 33 heavy (non-hydrogen) atoms. The third-order valence-electron chi connectivity index (χ3n) is 5.13. The zero-order valence-corrected chi connectivity index (χ0v) is 19.5. The number of amides is 3. The van der Waals surface area contributed by atoms with E-state index in [1.54, 1.807) is 30.3 Å². The molecule has 0 bridgehead atoms. The molecule has 0 aliphatic carbocycles. The molecule has 1 heterocycles. The monoisotopic (exact) mass is 493 g/mol. The molecule has 0 saturated carbocycles. The van der Waals surface area contributed by atoms with E-state index >= 15 is 0 Å². The molecule has 9 nitrogen and oxygen atoms in total. The first-order valence-electron chi connectivity index (χ1n) is 10.3. The highest BCUT2D eigenvalue weighted by molar-refractivity contribution is 7.89. The van der Waals surface area contributed by atoms with E-state index in [4.69, 9.17) is 16.3 Å². The molecule has 0 aromatic heterocycles. The predicted molar refractivity (Wildman–Crippen MR) is 121 cm³/mol. The summed E-state index contributed by atoms with van der Waals surface area (Å²) in [5.74, 6) is -1.80. The maximum atomic E-state index is 13.1. The van der Waals surface area contributed by atoms with E-state index in [0.29, 0.717) is 18.7 Å². The fourth-order valence-electron chi connectivity index (χ4n) is 3.39. The van der Waals surface area contributed by atoms with Crippen LogP contribution in [-0.2, 0) is 19.6 Å². The summed E-state index contributed by atoms with van der Waals surface area (Å²) in [6, 6.07) is 11.1. The molecule has 1 fully saturated rings. The largest absolute Gasteiger partial charge is 0.444 e. The fourth-order valence-corrected chi connectivity index (χ4v) is 5.41. The van der Waals surface area contributed by atoms with Crippen LogP contribution in [-0.4, -0.2) is 50.8 Å². The number of imide groups is 1. The number of carbonyl (C=O) groups is 3. The molecule has 3 amide bonds. The van der Waals surface area contributed by atoms with Crippen LogP contribution in [0.25, 0.3) is 0 Å². The lowest BCUT2D eigenvalue weighted by Crippen LogP contribution is -2.41. The van der Waals surface area contributed by atoms with Crippen LogP contribution in [0.5, 0.6) is 0 Å². The molecule has 2 aromatic carbocycles. The number of urea groups is 1. The Bertz CT molecular complexity index is 1130. The van der Waals surface area contributed by atoms with E-state index in [1.807, 2.05) is 0 Å². The lowest BCUT2D eigenvalue weighted by Gasteiger charge is -2.26. The van der Waals surface area contributed by atoms with E-state index in [9.17, 15) is 22.8 Å². The van der Waals surface area contributed by atoms with Crippen molar-refractivity contribution in [1.82, 2.24) is 14.9 Å². The molecule has 3 rings (SSSR count). The van der Waals surface area contributed by atoms with Gasteiger partial charge in [0.2, 0.25) is 16.1 Å². The maximum absolute atomic E-state index is 13.1. The summed E-state index contributed by atoms with van der Waals surface area (Å²) >= 11 is 6.16. The topological polar surface area (TPSA) is 122 Å².